The Morgan fingerprint density at radius 2 is 1.57 bits per heavy atom. The van der Waals surface area contributed by atoms with Crippen LogP contribution < -0.4 is 9.21 Å². The fourth-order valence-electron chi connectivity index (χ4n) is 3.48. The monoisotopic (exact) mass is 405 g/mol. The lowest BCUT2D eigenvalue weighted by molar-refractivity contribution is -0.132. The van der Waals surface area contributed by atoms with Crippen LogP contribution in [0.25, 0.3) is 0 Å². The molecule has 0 bridgehead atoms. The molecule has 1 fully saturated rings. The van der Waals surface area contributed by atoms with E-state index in [-0.39, 0.29) is 11.6 Å². The largest absolute Gasteiger partial charge is 0.368 e. The van der Waals surface area contributed by atoms with Crippen LogP contribution >= 0.6 is 0 Å². The van der Waals surface area contributed by atoms with Crippen LogP contribution in [0.4, 0.5) is 15.8 Å². The second-order valence-electron chi connectivity index (χ2n) is 6.86. The Balaban J connectivity index is 1.73. The van der Waals surface area contributed by atoms with Crippen LogP contribution in [-0.2, 0) is 14.8 Å². The lowest BCUT2D eigenvalue weighted by atomic mass is 10.2. The van der Waals surface area contributed by atoms with Crippen LogP contribution in [-0.4, -0.2) is 57.7 Å². The summed E-state index contributed by atoms with van der Waals surface area (Å²) in [5, 5.41) is 0. The maximum Gasteiger partial charge on any atom is 0.246 e. The molecule has 1 atom stereocenters. The van der Waals surface area contributed by atoms with E-state index in [1.807, 2.05) is 30.3 Å². The van der Waals surface area contributed by atoms with Crippen molar-refractivity contribution < 1.29 is 17.6 Å². The maximum atomic E-state index is 13.2. The minimum Gasteiger partial charge on any atom is -0.368 e. The Labute approximate surface area is 165 Å². The van der Waals surface area contributed by atoms with E-state index in [0.29, 0.717) is 26.2 Å². The predicted molar refractivity (Wildman–Crippen MR) is 108 cm³/mol. The zero-order valence-electron chi connectivity index (χ0n) is 16.0. The maximum absolute atomic E-state index is 13.2. The van der Waals surface area contributed by atoms with Crippen molar-refractivity contribution in [1.29, 1.82) is 0 Å². The molecule has 0 saturated carbocycles. The summed E-state index contributed by atoms with van der Waals surface area (Å²) in [6, 6.07) is 14.2. The molecule has 1 aliphatic heterocycles. The molecule has 1 saturated heterocycles. The summed E-state index contributed by atoms with van der Waals surface area (Å²) < 4.78 is 39.0. The van der Waals surface area contributed by atoms with E-state index in [1.165, 1.54) is 24.3 Å². The van der Waals surface area contributed by atoms with Gasteiger partial charge in [0.25, 0.3) is 0 Å². The van der Waals surface area contributed by atoms with Gasteiger partial charge in [-0.05, 0) is 43.3 Å². The van der Waals surface area contributed by atoms with Gasteiger partial charge in [-0.2, -0.15) is 0 Å². The summed E-state index contributed by atoms with van der Waals surface area (Å²) in [4.78, 5) is 16.9. The number of sulfonamides is 1. The molecule has 0 unspecified atom stereocenters. The van der Waals surface area contributed by atoms with E-state index in [0.717, 1.165) is 16.2 Å². The number of hydrogen-bond acceptors (Lipinski definition) is 4. The van der Waals surface area contributed by atoms with E-state index in [2.05, 4.69) is 4.90 Å². The van der Waals surface area contributed by atoms with Crippen molar-refractivity contribution >= 4 is 27.3 Å². The Morgan fingerprint density at radius 1 is 1.00 bits per heavy atom. The van der Waals surface area contributed by atoms with E-state index in [9.17, 15) is 17.6 Å². The molecular weight excluding hydrogens is 381 g/mol. The van der Waals surface area contributed by atoms with Crippen molar-refractivity contribution in [3.05, 3.63) is 60.4 Å². The van der Waals surface area contributed by atoms with Gasteiger partial charge in [-0.15, -0.1) is 0 Å². The molecule has 0 radical (unpaired) electrons. The minimum atomic E-state index is -3.71. The molecule has 28 heavy (non-hydrogen) atoms. The smallest absolute Gasteiger partial charge is 0.246 e. The number of carbonyl (C=O) groups excluding carboxylic acids is 1. The fraction of sp³-hybridized carbons (Fsp3) is 0.350. The Hall–Kier alpha value is -2.61. The normalized spacial score (nSPS) is 16.0. The standard InChI is InChI=1S/C20H24FN3O3S/c1-16(24(28(2,26)27)19-10-8-17(21)9-11-19)20(25)23-14-12-22(13-15-23)18-6-4-3-5-7-18/h3-11,16H,12-15H2,1-2H3/t16-/m1/s1. The molecule has 2 aromatic carbocycles. The number of halogens is 1. The highest BCUT2D eigenvalue weighted by Gasteiger charge is 2.33. The van der Waals surface area contributed by atoms with Gasteiger partial charge in [0.15, 0.2) is 0 Å². The first-order chi connectivity index (χ1) is 13.3. The van der Waals surface area contributed by atoms with Crippen molar-refractivity contribution in [3.63, 3.8) is 0 Å². The molecule has 150 valence electrons. The number of amides is 1. The number of hydrogen-bond donors (Lipinski definition) is 0. The van der Waals surface area contributed by atoms with Crippen LogP contribution in [0.15, 0.2) is 54.6 Å². The van der Waals surface area contributed by atoms with Crippen LogP contribution in [0.3, 0.4) is 0 Å². The van der Waals surface area contributed by atoms with Gasteiger partial charge in [0.05, 0.1) is 11.9 Å². The number of piperazine rings is 1. The van der Waals surface area contributed by atoms with Crippen LogP contribution in [0.5, 0.6) is 0 Å². The van der Waals surface area contributed by atoms with Crippen LogP contribution in [0.2, 0.25) is 0 Å². The highest BCUT2D eigenvalue weighted by molar-refractivity contribution is 7.92. The average Bonchev–Trinajstić information content (AvgIpc) is 2.69. The highest BCUT2D eigenvalue weighted by atomic mass is 32.2. The third kappa shape index (κ3) is 4.44. The zero-order chi connectivity index (χ0) is 20.3. The minimum absolute atomic E-state index is 0.262. The van der Waals surface area contributed by atoms with Crippen LogP contribution in [0, 0.1) is 5.82 Å². The second kappa shape index (κ2) is 8.18. The van der Waals surface area contributed by atoms with Gasteiger partial charge in [0, 0.05) is 31.9 Å². The van der Waals surface area contributed by atoms with Gasteiger partial charge in [0.1, 0.15) is 11.9 Å². The third-order valence-corrected chi connectivity index (χ3v) is 6.10. The van der Waals surface area contributed by atoms with Gasteiger partial charge < -0.3 is 9.80 Å². The lowest BCUT2D eigenvalue weighted by Gasteiger charge is -2.39. The molecule has 1 amide bonds. The molecule has 1 heterocycles. The molecule has 6 nitrogen and oxygen atoms in total. The number of benzene rings is 2. The van der Waals surface area contributed by atoms with Crippen LogP contribution in [0.1, 0.15) is 6.92 Å². The van der Waals surface area contributed by atoms with E-state index >= 15 is 0 Å². The number of rotatable bonds is 5. The van der Waals surface area contributed by atoms with Crippen molar-refractivity contribution in [1.82, 2.24) is 4.90 Å². The summed E-state index contributed by atoms with van der Waals surface area (Å²) in [6.07, 6.45) is 1.05. The Bertz CT molecular complexity index is 911. The molecule has 0 N–H and O–H groups in total. The van der Waals surface area contributed by atoms with Crippen molar-refractivity contribution in [2.75, 3.05) is 41.6 Å². The fourth-order valence-corrected chi connectivity index (χ4v) is 4.65. The first-order valence-electron chi connectivity index (χ1n) is 9.11. The predicted octanol–water partition coefficient (Wildman–Crippen LogP) is 2.33. The van der Waals surface area contributed by atoms with Gasteiger partial charge in [-0.3, -0.25) is 9.10 Å². The molecule has 0 aromatic heterocycles. The molecule has 8 heteroatoms. The van der Waals surface area contributed by atoms with Crippen molar-refractivity contribution in [2.45, 2.75) is 13.0 Å². The average molecular weight is 405 g/mol. The molecular formula is C20H24FN3O3S. The number of para-hydroxylation sites is 1. The summed E-state index contributed by atoms with van der Waals surface area (Å²) in [7, 11) is -3.71. The van der Waals surface area contributed by atoms with Crippen molar-refractivity contribution in [3.8, 4) is 0 Å². The van der Waals surface area contributed by atoms with Gasteiger partial charge >= 0.3 is 0 Å². The summed E-state index contributed by atoms with van der Waals surface area (Å²) in [6.45, 7) is 3.95. The summed E-state index contributed by atoms with van der Waals surface area (Å²) in [5.41, 5.74) is 1.37. The molecule has 0 spiro atoms. The topological polar surface area (TPSA) is 60.9 Å². The Morgan fingerprint density at radius 3 is 2.11 bits per heavy atom. The summed E-state index contributed by atoms with van der Waals surface area (Å²) >= 11 is 0. The Kier molecular flexibility index (Phi) is 5.88. The number of nitrogens with zero attached hydrogens (tertiary/aromatic N) is 3. The molecule has 3 rings (SSSR count). The first-order valence-corrected chi connectivity index (χ1v) is 11.0. The van der Waals surface area contributed by atoms with E-state index in [4.69, 9.17) is 0 Å². The molecule has 0 aliphatic carbocycles. The first kappa shape index (κ1) is 20.1. The second-order valence-corrected chi connectivity index (χ2v) is 8.72. The highest BCUT2D eigenvalue weighted by Crippen LogP contribution is 2.23. The third-order valence-electron chi connectivity index (χ3n) is 4.86. The van der Waals surface area contributed by atoms with E-state index < -0.39 is 21.9 Å². The van der Waals surface area contributed by atoms with Gasteiger partial charge in [0.2, 0.25) is 15.9 Å². The lowest BCUT2D eigenvalue weighted by Crippen LogP contribution is -2.55. The number of anilines is 2. The quantitative estimate of drug-likeness (QED) is 0.766. The summed E-state index contributed by atoms with van der Waals surface area (Å²) in [5.74, 6) is -0.726. The zero-order valence-corrected chi connectivity index (χ0v) is 16.8. The van der Waals surface area contributed by atoms with E-state index in [1.54, 1.807) is 11.8 Å². The number of carbonyl (C=O) groups is 1. The molecule has 2 aromatic rings. The van der Waals surface area contributed by atoms with Crippen molar-refractivity contribution in [2.24, 2.45) is 0 Å². The molecule has 1 aliphatic rings. The SMILES string of the molecule is C[C@H](C(=O)N1CCN(c2ccccc2)CC1)N(c1ccc(F)cc1)S(C)(=O)=O. The van der Waals surface area contributed by atoms with Gasteiger partial charge in [-0.25, -0.2) is 12.8 Å². The van der Waals surface area contributed by atoms with Gasteiger partial charge in [-0.1, -0.05) is 18.2 Å².